The van der Waals surface area contributed by atoms with Crippen molar-refractivity contribution in [3.8, 4) is 0 Å². The molecule has 0 saturated carbocycles. The molecule has 2 amide bonds. The Morgan fingerprint density at radius 2 is 1.92 bits per heavy atom. The fourth-order valence-electron chi connectivity index (χ4n) is 5.29. The summed E-state index contributed by atoms with van der Waals surface area (Å²) in [4.78, 5) is 27.3. The second kappa shape index (κ2) is 13.9. The summed E-state index contributed by atoms with van der Waals surface area (Å²) in [6.07, 6.45) is 0.0825. The number of amides is 2. The lowest BCUT2D eigenvalue weighted by molar-refractivity contribution is -0.129. The number of carbonyl (C=O) groups excluding carboxylic acids is 2. The molecule has 0 aromatic heterocycles. The van der Waals surface area contributed by atoms with Crippen LogP contribution in [0.5, 0.6) is 0 Å². The fourth-order valence-corrected chi connectivity index (χ4v) is 5.29. The number of hydrogen-bond acceptors (Lipinski definition) is 6. The highest BCUT2D eigenvalue weighted by atomic mass is 19.1. The first-order chi connectivity index (χ1) is 18.8. The van der Waals surface area contributed by atoms with Gasteiger partial charge in [0.1, 0.15) is 11.6 Å². The van der Waals surface area contributed by atoms with E-state index in [0.717, 1.165) is 11.6 Å². The third kappa shape index (κ3) is 8.28. The van der Waals surface area contributed by atoms with Gasteiger partial charge in [0.25, 0.3) is 0 Å². The van der Waals surface area contributed by atoms with Crippen molar-refractivity contribution < 1.29 is 33.0 Å². The van der Waals surface area contributed by atoms with E-state index < -0.39 is 35.7 Å². The van der Waals surface area contributed by atoms with E-state index in [4.69, 9.17) is 9.47 Å². The lowest BCUT2D eigenvalue weighted by Gasteiger charge is -2.29. The number of aliphatic hydroxyl groups is 1. The number of methoxy groups -OCH3 is 1. The minimum atomic E-state index is -1.06. The Morgan fingerprint density at radius 1 is 1.18 bits per heavy atom. The van der Waals surface area contributed by atoms with E-state index in [2.05, 4.69) is 10.6 Å². The summed E-state index contributed by atoms with van der Waals surface area (Å²) >= 11 is 0. The topological polar surface area (TPSA) is 100 Å². The van der Waals surface area contributed by atoms with Crippen molar-refractivity contribution in [1.82, 2.24) is 15.5 Å². The number of nitrogens with zero attached hydrogens (tertiary/aromatic N) is 1. The zero-order valence-corrected chi connectivity index (χ0v) is 22.2. The first kappa shape index (κ1) is 29.1. The van der Waals surface area contributed by atoms with Gasteiger partial charge in [-0.05, 0) is 42.5 Å². The predicted molar refractivity (Wildman–Crippen MR) is 141 cm³/mol. The van der Waals surface area contributed by atoms with Crippen molar-refractivity contribution in [3.63, 3.8) is 0 Å². The van der Waals surface area contributed by atoms with Crippen LogP contribution in [0.4, 0.5) is 8.78 Å². The molecule has 0 aliphatic carbocycles. The molecular formula is C29H37F2N3O5. The number of hydrogen-bond donors (Lipinski definition) is 3. The number of aliphatic hydroxyl groups excluding tert-OH is 1. The van der Waals surface area contributed by atoms with E-state index in [9.17, 15) is 23.5 Å². The summed E-state index contributed by atoms with van der Waals surface area (Å²) < 4.78 is 38.9. The number of rotatable bonds is 13. The Bertz CT molecular complexity index is 1090. The van der Waals surface area contributed by atoms with Crippen LogP contribution in [0.15, 0.2) is 48.5 Å². The highest BCUT2D eigenvalue weighted by molar-refractivity contribution is 5.89. The van der Waals surface area contributed by atoms with E-state index >= 15 is 0 Å². The van der Waals surface area contributed by atoms with E-state index in [1.165, 1.54) is 12.1 Å². The van der Waals surface area contributed by atoms with Crippen LogP contribution in [0.3, 0.4) is 0 Å². The van der Waals surface area contributed by atoms with Crippen LogP contribution in [-0.4, -0.2) is 79.5 Å². The molecule has 5 atom stereocenters. The summed E-state index contributed by atoms with van der Waals surface area (Å²) in [5.41, 5.74) is 1.36. The standard InChI is InChI=1S/C29H37F2N3O5/c1-38-9-5-8-34-17-21(13-27(34)35)29(37)33-26(12-20-10-22(30)14-23(31)11-20)28(36)25-15-24(16-32-25)39-18-19-6-3-2-4-7-19/h2-4,6-7,10-11,14,21,24-26,28,32,36H,5,8-9,12-13,15-18H2,1H3,(H,33,37)/t21?,24-,25-,26+,28-/m1/s1. The van der Waals surface area contributed by atoms with Gasteiger partial charge in [-0.15, -0.1) is 0 Å². The summed E-state index contributed by atoms with van der Waals surface area (Å²) in [6.45, 7) is 2.26. The SMILES string of the molecule is COCCCN1CC(C(=O)N[C@@H](Cc2cc(F)cc(F)c2)[C@H](O)[C@H]2C[C@@H](OCc3ccccc3)CN2)CC1=O. The van der Waals surface area contributed by atoms with Crippen molar-refractivity contribution in [1.29, 1.82) is 0 Å². The van der Waals surface area contributed by atoms with Crippen molar-refractivity contribution in [2.75, 3.05) is 33.4 Å². The molecule has 2 aliphatic heterocycles. The first-order valence-electron chi connectivity index (χ1n) is 13.4. The van der Waals surface area contributed by atoms with Crippen LogP contribution < -0.4 is 10.6 Å². The lowest BCUT2D eigenvalue weighted by atomic mass is 9.94. The van der Waals surface area contributed by atoms with Gasteiger partial charge in [-0.25, -0.2) is 8.78 Å². The summed E-state index contributed by atoms with van der Waals surface area (Å²) in [5, 5.41) is 17.5. The molecule has 2 aromatic carbocycles. The van der Waals surface area contributed by atoms with Crippen LogP contribution in [0.1, 0.15) is 30.4 Å². The minimum absolute atomic E-state index is 0.0214. The average molecular weight is 546 g/mol. The van der Waals surface area contributed by atoms with Crippen molar-refractivity contribution >= 4 is 11.8 Å². The number of halogens is 2. The number of ether oxygens (including phenoxy) is 2. The average Bonchev–Trinajstić information content (AvgIpc) is 3.54. The molecule has 0 spiro atoms. The van der Waals surface area contributed by atoms with Crippen LogP contribution >= 0.6 is 0 Å². The van der Waals surface area contributed by atoms with Gasteiger partial charge in [0.2, 0.25) is 11.8 Å². The van der Waals surface area contributed by atoms with Gasteiger partial charge in [0, 0.05) is 51.9 Å². The number of benzene rings is 2. The normalized spacial score (nSPS) is 22.7. The number of likely N-dealkylation sites (tertiary alicyclic amines) is 1. The van der Waals surface area contributed by atoms with Crippen LogP contribution in [-0.2, 0) is 32.1 Å². The molecule has 10 heteroatoms. The molecule has 3 N–H and O–H groups in total. The Morgan fingerprint density at radius 3 is 2.64 bits per heavy atom. The van der Waals surface area contributed by atoms with Crippen LogP contribution in [0, 0.1) is 17.6 Å². The highest BCUT2D eigenvalue weighted by Crippen LogP contribution is 2.22. The molecule has 2 saturated heterocycles. The predicted octanol–water partition coefficient (Wildman–Crippen LogP) is 2.19. The fraction of sp³-hybridized carbons (Fsp3) is 0.517. The molecule has 2 fully saturated rings. The summed E-state index contributed by atoms with van der Waals surface area (Å²) in [5.74, 6) is -2.51. The van der Waals surface area contributed by atoms with E-state index in [-0.39, 0.29) is 37.3 Å². The molecule has 0 bridgehead atoms. The Labute approximate surface area is 227 Å². The Kier molecular flexibility index (Phi) is 10.4. The molecule has 1 unspecified atom stereocenters. The van der Waals surface area contributed by atoms with Gasteiger partial charge in [0.15, 0.2) is 0 Å². The maximum atomic E-state index is 13.9. The molecular weight excluding hydrogens is 508 g/mol. The van der Waals surface area contributed by atoms with Gasteiger partial charge in [0.05, 0.1) is 30.8 Å². The van der Waals surface area contributed by atoms with Gasteiger partial charge in [-0.3, -0.25) is 9.59 Å². The molecule has 0 radical (unpaired) electrons. The number of carbonyl (C=O) groups is 2. The monoisotopic (exact) mass is 545 g/mol. The van der Waals surface area contributed by atoms with Gasteiger partial charge in [-0.2, -0.15) is 0 Å². The minimum Gasteiger partial charge on any atom is -0.389 e. The quantitative estimate of drug-likeness (QED) is 0.334. The maximum Gasteiger partial charge on any atom is 0.225 e. The van der Waals surface area contributed by atoms with E-state index in [0.29, 0.717) is 44.7 Å². The molecule has 2 aliphatic rings. The maximum absolute atomic E-state index is 13.9. The van der Waals surface area contributed by atoms with Gasteiger partial charge >= 0.3 is 0 Å². The van der Waals surface area contributed by atoms with Crippen molar-refractivity contribution in [2.45, 2.75) is 56.6 Å². The second-order valence-electron chi connectivity index (χ2n) is 10.3. The molecule has 2 heterocycles. The van der Waals surface area contributed by atoms with E-state index in [1.54, 1.807) is 12.0 Å². The Balaban J connectivity index is 1.40. The third-order valence-corrected chi connectivity index (χ3v) is 7.34. The molecule has 39 heavy (non-hydrogen) atoms. The summed E-state index contributed by atoms with van der Waals surface area (Å²) in [7, 11) is 1.59. The van der Waals surface area contributed by atoms with Crippen molar-refractivity contribution in [2.24, 2.45) is 5.92 Å². The number of nitrogens with one attached hydrogen (secondary N) is 2. The molecule has 2 aromatic rings. The summed E-state index contributed by atoms with van der Waals surface area (Å²) in [6, 6.07) is 11.7. The third-order valence-electron chi connectivity index (χ3n) is 7.34. The largest absolute Gasteiger partial charge is 0.389 e. The van der Waals surface area contributed by atoms with Crippen LogP contribution in [0.2, 0.25) is 0 Å². The van der Waals surface area contributed by atoms with Gasteiger partial charge < -0.3 is 30.1 Å². The molecule has 8 nitrogen and oxygen atoms in total. The first-order valence-corrected chi connectivity index (χ1v) is 13.4. The van der Waals surface area contributed by atoms with Crippen molar-refractivity contribution in [3.05, 3.63) is 71.3 Å². The van der Waals surface area contributed by atoms with Gasteiger partial charge in [-0.1, -0.05) is 30.3 Å². The smallest absolute Gasteiger partial charge is 0.225 e. The molecule has 4 rings (SSSR count). The highest BCUT2D eigenvalue weighted by Gasteiger charge is 2.39. The Hall–Kier alpha value is -2.92. The molecule has 212 valence electrons. The van der Waals surface area contributed by atoms with Crippen LogP contribution in [0.25, 0.3) is 0 Å². The van der Waals surface area contributed by atoms with E-state index in [1.807, 2.05) is 30.3 Å². The zero-order valence-electron chi connectivity index (χ0n) is 22.2. The second-order valence-corrected chi connectivity index (χ2v) is 10.3. The zero-order chi connectivity index (χ0) is 27.8. The lowest BCUT2D eigenvalue weighted by Crippen LogP contribution is -2.53.